The van der Waals surface area contributed by atoms with E-state index < -0.39 is 36.9 Å². The van der Waals surface area contributed by atoms with Crippen LogP contribution in [0.1, 0.15) is 55.1 Å². The zero-order valence-corrected chi connectivity index (χ0v) is 16.5. The molecule has 4 atom stereocenters. The molecule has 2 aliphatic heterocycles. The summed E-state index contributed by atoms with van der Waals surface area (Å²) < 4.78 is 28.3. The summed E-state index contributed by atoms with van der Waals surface area (Å²) in [5.41, 5.74) is 1.09. The molecule has 1 aliphatic carbocycles. The van der Waals surface area contributed by atoms with Crippen LogP contribution in [0, 0.1) is 11.8 Å². The molecule has 0 radical (unpaired) electrons. The van der Waals surface area contributed by atoms with Crippen molar-refractivity contribution in [2.75, 3.05) is 13.1 Å². The molecule has 9 heteroatoms. The predicted molar refractivity (Wildman–Crippen MR) is 100 cm³/mol. The van der Waals surface area contributed by atoms with Crippen molar-refractivity contribution in [1.82, 2.24) is 20.5 Å². The van der Waals surface area contributed by atoms with Crippen molar-refractivity contribution in [3.63, 3.8) is 0 Å². The third-order valence-electron chi connectivity index (χ3n) is 6.41. The number of halogens is 2. The van der Waals surface area contributed by atoms with E-state index >= 15 is 0 Å². The molecule has 1 saturated carbocycles. The number of hydrogen-bond acceptors (Lipinski definition) is 3. The van der Waals surface area contributed by atoms with Crippen LogP contribution in [-0.4, -0.2) is 58.7 Å². The standard InChI is InChI=1S/C20H26F2N4O3/c1-10(2)15-14(5-6-23-15)19(29)26-9-20(21,22)7-11(26)8-24-18(28)16-12-3-4-13(12)17(27)25-16/h5-6,10-13,16,23H,3-4,7-9H2,1-2H3,(H,24,28)(H,25,27)/t11?,12-,13+,16-/m1/s1. The lowest BCUT2D eigenvalue weighted by Gasteiger charge is -2.31. The number of aromatic nitrogens is 1. The van der Waals surface area contributed by atoms with Crippen molar-refractivity contribution >= 4 is 17.7 Å². The first kappa shape index (κ1) is 19.8. The highest BCUT2D eigenvalue weighted by Crippen LogP contribution is 2.41. The lowest BCUT2D eigenvalue weighted by molar-refractivity contribution is -0.126. The van der Waals surface area contributed by atoms with Crippen LogP contribution in [0.4, 0.5) is 8.78 Å². The first-order chi connectivity index (χ1) is 13.7. The third kappa shape index (κ3) is 3.51. The van der Waals surface area contributed by atoms with E-state index in [0.29, 0.717) is 11.3 Å². The van der Waals surface area contributed by atoms with Gasteiger partial charge in [0.15, 0.2) is 0 Å². The number of carbonyl (C=O) groups is 3. The molecule has 158 valence electrons. The third-order valence-corrected chi connectivity index (χ3v) is 6.41. The molecule has 0 spiro atoms. The lowest BCUT2D eigenvalue weighted by Crippen LogP contribution is -2.50. The van der Waals surface area contributed by atoms with Crippen molar-refractivity contribution < 1.29 is 23.2 Å². The Kier molecular flexibility index (Phi) is 4.86. The van der Waals surface area contributed by atoms with Gasteiger partial charge in [-0.2, -0.15) is 0 Å². The molecule has 3 N–H and O–H groups in total. The number of amides is 3. The zero-order valence-electron chi connectivity index (χ0n) is 16.5. The SMILES string of the molecule is CC(C)c1[nH]ccc1C(=O)N1CC(F)(F)CC1CNC(=O)[C@@H]1NC(=O)[C@H]2CC[C@H]21. The molecular formula is C20H26F2N4O3. The largest absolute Gasteiger partial charge is 0.364 e. The number of rotatable bonds is 5. The number of fused-ring (bicyclic) bond motifs is 1. The summed E-state index contributed by atoms with van der Waals surface area (Å²) in [5, 5.41) is 5.39. The van der Waals surface area contributed by atoms with Crippen molar-refractivity contribution in [2.24, 2.45) is 11.8 Å². The Morgan fingerprint density at radius 3 is 2.72 bits per heavy atom. The summed E-state index contributed by atoms with van der Waals surface area (Å²) in [4.78, 5) is 41.5. The highest BCUT2D eigenvalue weighted by atomic mass is 19.3. The fourth-order valence-electron chi connectivity index (χ4n) is 4.72. The van der Waals surface area contributed by atoms with E-state index in [0.717, 1.165) is 17.7 Å². The van der Waals surface area contributed by atoms with Crippen LogP contribution < -0.4 is 10.6 Å². The van der Waals surface area contributed by atoms with Gasteiger partial charge in [0.05, 0.1) is 18.2 Å². The van der Waals surface area contributed by atoms with Gasteiger partial charge in [-0.05, 0) is 30.7 Å². The first-order valence-corrected chi connectivity index (χ1v) is 10.1. The second-order valence-corrected chi connectivity index (χ2v) is 8.69. The molecule has 1 unspecified atom stereocenters. The van der Waals surface area contributed by atoms with Crippen molar-refractivity contribution in [3.05, 3.63) is 23.5 Å². The Bertz CT molecular complexity index is 837. The molecule has 3 amide bonds. The summed E-state index contributed by atoms with van der Waals surface area (Å²) in [7, 11) is 0. The molecule has 3 aliphatic rings. The van der Waals surface area contributed by atoms with E-state index in [4.69, 9.17) is 0 Å². The van der Waals surface area contributed by atoms with Crippen LogP contribution in [0.3, 0.4) is 0 Å². The topological polar surface area (TPSA) is 94.3 Å². The molecule has 0 aromatic carbocycles. The molecule has 7 nitrogen and oxygen atoms in total. The average molecular weight is 408 g/mol. The smallest absolute Gasteiger partial charge is 0.267 e. The number of alkyl halides is 2. The van der Waals surface area contributed by atoms with E-state index in [9.17, 15) is 23.2 Å². The van der Waals surface area contributed by atoms with Crippen LogP contribution in [0.15, 0.2) is 12.3 Å². The average Bonchev–Trinajstić information content (AvgIpc) is 3.26. The number of nitrogens with zero attached hydrogens (tertiary/aromatic N) is 1. The summed E-state index contributed by atoms with van der Waals surface area (Å²) >= 11 is 0. The highest BCUT2D eigenvalue weighted by molar-refractivity contribution is 5.96. The monoisotopic (exact) mass is 408 g/mol. The van der Waals surface area contributed by atoms with Gasteiger partial charge in [0.1, 0.15) is 6.04 Å². The Balaban J connectivity index is 1.44. The van der Waals surface area contributed by atoms with Crippen LogP contribution in [0.5, 0.6) is 0 Å². The molecular weight excluding hydrogens is 382 g/mol. The lowest BCUT2D eigenvalue weighted by atomic mass is 9.72. The maximum Gasteiger partial charge on any atom is 0.267 e. The van der Waals surface area contributed by atoms with Gasteiger partial charge < -0.3 is 20.5 Å². The number of hydrogen-bond donors (Lipinski definition) is 3. The minimum Gasteiger partial charge on any atom is -0.364 e. The molecule has 1 aromatic rings. The maximum absolute atomic E-state index is 14.1. The van der Waals surface area contributed by atoms with Crippen molar-refractivity contribution in [3.8, 4) is 0 Å². The van der Waals surface area contributed by atoms with Crippen LogP contribution in [0.25, 0.3) is 0 Å². The van der Waals surface area contributed by atoms with Gasteiger partial charge in [0.2, 0.25) is 11.8 Å². The van der Waals surface area contributed by atoms with Crippen LogP contribution >= 0.6 is 0 Å². The van der Waals surface area contributed by atoms with Crippen LogP contribution in [0.2, 0.25) is 0 Å². The quantitative estimate of drug-likeness (QED) is 0.691. The molecule has 3 fully saturated rings. The van der Waals surface area contributed by atoms with E-state index in [2.05, 4.69) is 15.6 Å². The second-order valence-electron chi connectivity index (χ2n) is 8.69. The minimum absolute atomic E-state index is 0.0151. The van der Waals surface area contributed by atoms with Gasteiger partial charge in [0, 0.05) is 30.8 Å². The van der Waals surface area contributed by atoms with E-state index in [1.165, 1.54) is 0 Å². The first-order valence-electron chi connectivity index (χ1n) is 10.1. The molecule has 29 heavy (non-hydrogen) atoms. The summed E-state index contributed by atoms with van der Waals surface area (Å²) in [6.07, 6.45) is 2.72. The van der Waals surface area contributed by atoms with E-state index in [-0.39, 0.29) is 36.1 Å². The number of carbonyl (C=O) groups excluding carboxylic acids is 3. The summed E-state index contributed by atoms with van der Waals surface area (Å²) in [6, 6.07) is 0.198. The summed E-state index contributed by atoms with van der Waals surface area (Å²) in [5.74, 6) is -4.01. The number of nitrogens with one attached hydrogen (secondary N) is 3. The Morgan fingerprint density at radius 2 is 2.10 bits per heavy atom. The Labute approximate surface area is 167 Å². The zero-order chi connectivity index (χ0) is 20.9. The van der Waals surface area contributed by atoms with Gasteiger partial charge >= 0.3 is 0 Å². The van der Waals surface area contributed by atoms with E-state index in [1.54, 1.807) is 12.3 Å². The predicted octanol–water partition coefficient (Wildman–Crippen LogP) is 1.63. The van der Waals surface area contributed by atoms with Gasteiger partial charge in [-0.15, -0.1) is 0 Å². The fourth-order valence-corrected chi connectivity index (χ4v) is 4.72. The molecule has 4 rings (SSSR count). The maximum atomic E-state index is 14.1. The number of aromatic amines is 1. The fraction of sp³-hybridized carbons (Fsp3) is 0.650. The van der Waals surface area contributed by atoms with Gasteiger partial charge in [0.25, 0.3) is 11.8 Å². The van der Waals surface area contributed by atoms with E-state index in [1.807, 2.05) is 13.8 Å². The normalized spacial score (nSPS) is 30.1. The molecule has 3 heterocycles. The molecule has 0 bridgehead atoms. The summed E-state index contributed by atoms with van der Waals surface area (Å²) in [6.45, 7) is 3.11. The highest BCUT2D eigenvalue weighted by Gasteiger charge is 2.51. The van der Waals surface area contributed by atoms with Gasteiger partial charge in [-0.3, -0.25) is 14.4 Å². The van der Waals surface area contributed by atoms with Crippen molar-refractivity contribution in [1.29, 1.82) is 0 Å². The number of H-pyrrole nitrogens is 1. The molecule has 1 aromatic heterocycles. The Hall–Kier alpha value is -2.45. The van der Waals surface area contributed by atoms with Gasteiger partial charge in [-0.1, -0.05) is 13.8 Å². The number of likely N-dealkylation sites (tertiary alicyclic amines) is 1. The minimum atomic E-state index is -3.00. The Morgan fingerprint density at radius 1 is 1.34 bits per heavy atom. The molecule has 2 saturated heterocycles. The van der Waals surface area contributed by atoms with Crippen molar-refractivity contribution in [2.45, 2.75) is 57.0 Å². The van der Waals surface area contributed by atoms with Crippen LogP contribution in [-0.2, 0) is 9.59 Å². The van der Waals surface area contributed by atoms with Gasteiger partial charge in [-0.25, -0.2) is 8.78 Å². The second kappa shape index (κ2) is 7.11.